The fraction of sp³-hybridized carbons (Fsp3) is 0.667. The lowest BCUT2D eigenvalue weighted by molar-refractivity contribution is 0.965. The first-order valence-electron chi connectivity index (χ1n) is 2.68. The predicted octanol–water partition coefficient (Wildman–Crippen LogP) is 2.80. The van der Waals surface area contributed by atoms with Gasteiger partial charge in [-0.2, -0.15) is 0 Å². The molecule has 0 aliphatic heterocycles. The normalized spacial score (nSPS) is 10.8. The van der Waals surface area contributed by atoms with Crippen LogP contribution in [0.5, 0.6) is 0 Å². The Morgan fingerprint density at radius 2 is 1.88 bits per heavy atom. The van der Waals surface area contributed by atoms with Crippen molar-refractivity contribution in [2.45, 2.75) is 12.8 Å². The van der Waals surface area contributed by atoms with Crippen LogP contribution in [0.3, 0.4) is 0 Å². The predicted molar refractivity (Wildman–Crippen MR) is 39.8 cm³/mol. The molecule has 8 heavy (non-hydrogen) atoms. The molecule has 0 unspecified atom stereocenters. The van der Waals surface area contributed by atoms with Gasteiger partial charge in [0.15, 0.2) is 0 Å². The van der Waals surface area contributed by atoms with Crippen molar-refractivity contribution in [1.82, 2.24) is 0 Å². The maximum absolute atomic E-state index is 5.41. The molecular weight excluding hydrogens is 143 g/mol. The van der Waals surface area contributed by atoms with Crippen LogP contribution in [0, 0.1) is 0 Å². The van der Waals surface area contributed by atoms with E-state index in [1.807, 2.05) is 6.08 Å². The first-order chi connectivity index (χ1) is 3.91. The molecule has 0 aliphatic rings. The summed E-state index contributed by atoms with van der Waals surface area (Å²) in [6.07, 6.45) is 6.09. The van der Waals surface area contributed by atoms with Gasteiger partial charge in [0.1, 0.15) is 0 Å². The first kappa shape index (κ1) is 8.32. The molecule has 0 aromatic rings. The maximum Gasteiger partial charge on any atom is 0.0404 e. The fourth-order valence-electron chi connectivity index (χ4n) is 0.376. The lowest BCUT2D eigenvalue weighted by Gasteiger charge is -1.83. The Morgan fingerprint density at radius 1 is 1.12 bits per heavy atom. The van der Waals surface area contributed by atoms with Crippen molar-refractivity contribution >= 4 is 23.2 Å². The highest BCUT2D eigenvalue weighted by molar-refractivity contribution is 6.18. The van der Waals surface area contributed by atoms with E-state index in [2.05, 4.69) is 6.08 Å². The average Bonchev–Trinajstić information content (AvgIpc) is 1.81. The minimum absolute atomic E-state index is 0.613. The summed E-state index contributed by atoms with van der Waals surface area (Å²) in [5.41, 5.74) is 0. The number of allylic oxidation sites excluding steroid dienone is 2. The maximum atomic E-state index is 5.41. The summed E-state index contributed by atoms with van der Waals surface area (Å²) >= 11 is 10.8. The second-order valence-corrected chi connectivity index (χ2v) is 2.14. The molecule has 0 rings (SSSR count). The van der Waals surface area contributed by atoms with E-state index in [0.717, 1.165) is 18.7 Å². The highest BCUT2D eigenvalue weighted by Crippen LogP contribution is 1.92. The van der Waals surface area contributed by atoms with E-state index in [-0.39, 0.29) is 0 Å². The zero-order chi connectivity index (χ0) is 6.24. The Balaban J connectivity index is 2.80. The average molecular weight is 153 g/mol. The third-order valence-corrected chi connectivity index (χ3v) is 1.21. The number of halogens is 2. The Labute approximate surface area is 60.5 Å². The zero-order valence-electron chi connectivity index (χ0n) is 4.74. The van der Waals surface area contributed by atoms with Gasteiger partial charge in [-0.3, -0.25) is 0 Å². The molecule has 0 aliphatic carbocycles. The van der Waals surface area contributed by atoms with Gasteiger partial charge in [0.05, 0.1) is 0 Å². The lowest BCUT2D eigenvalue weighted by Crippen LogP contribution is -1.70. The van der Waals surface area contributed by atoms with Crippen LogP contribution in [-0.4, -0.2) is 11.8 Å². The van der Waals surface area contributed by atoms with Crippen molar-refractivity contribution < 1.29 is 0 Å². The monoisotopic (exact) mass is 152 g/mol. The van der Waals surface area contributed by atoms with Gasteiger partial charge in [-0.15, -0.1) is 23.2 Å². The Hall–Kier alpha value is 0.320. The van der Waals surface area contributed by atoms with Crippen molar-refractivity contribution in [2.75, 3.05) is 11.8 Å². The number of hydrogen-bond acceptors (Lipinski definition) is 0. The molecule has 0 amide bonds. The summed E-state index contributed by atoms with van der Waals surface area (Å²) in [4.78, 5) is 0. The SMILES string of the molecule is ClC/C=C\CCCCl. The van der Waals surface area contributed by atoms with E-state index >= 15 is 0 Å². The van der Waals surface area contributed by atoms with E-state index in [0.29, 0.717) is 5.88 Å². The second kappa shape index (κ2) is 7.32. The molecule has 0 spiro atoms. The number of rotatable bonds is 4. The zero-order valence-corrected chi connectivity index (χ0v) is 6.25. The van der Waals surface area contributed by atoms with Crippen LogP contribution in [0.1, 0.15) is 12.8 Å². The molecule has 0 nitrogen and oxygen atoms in total. The minimum Gasteiger partial charge on any atom is -0.127 e. The molecule has 0 heterocycles. The standard InChI is InChI=1S/C6H10Cl2/c7-5-3-1-2-4-6-8/h1,3H,2,4-6H2/b3-1-. The second-order valence-electron chi connectivity index (χ2n) is 1.46. The van der Waals surface area contributed by atoms with E-state index in [4.69, 9.17) is 23.2 Å². The number of alkyl halides is 2. The van der Waals surface area contributed by atoms with Gasteiger partial charge >= 0.3 is 0 Å². The molecule has 0 fully saturated rings. The molecule has 0 bridgehead atoms. The fourth-order valence-corrected chi connectivity index (χ4v) is 0.656. The quantitative estimate of drug-likeness (QED) is 0.331. The largest absolute Gasteiger partial charge is 0.127 e. The lowest BCUT2D eigenvalue weighted by atomic mass is 10.3. The molecule has 2 heteroatoms. The van der Waals surface area contributed by atoms with Gasteiger partial charge in [-0.05, 0) is 12.8 Å². The van der Waals surface area contributed by atoms with Gasteiger partial charge in [0, 0.05) is 11.8 Å². The topological polar surface area (TPSA) is 0 Å². The van der Waals surface area contributed by atoms with Crippen LogP contribution in [-0.2, 0) is 0 Å². The van der Waals surface area contributed by atoms with Crippen LogP contribution < -0.4 is 0 Å². The third kappa shape index (κ3) is 6.32. The summed E-state index contributed by atoms with van der Waals surface area (Å²) in [6, 6.07) is 0. The van der Waals surface area contributed by atoms with Crippen molar-refractivity contribution in [3.05, 3.63) is 12.2 Å². The molecule has 0 aromatic carbocycles. The van der Waals surface area contributed by atoms with E-state index < -0.39 is 0 Å². The summed E-state index contributed by atoms with van der Waals surface area (Å²) in [7, 11) is 0. The molecule has 0 saturated heterocycles. The van der Waals surface area contributed by atoms with Crippen molar-refractivity contribution in [3.63, 3.8) is 0 Å². The Morgan fingerprint density at radius 3 is 2.38 bits per heavy atom. The van der Waals surface area contributed by atoms with E-state index in [9.17, 15) is 0 Å². The Bertz CT molecular complexity index is 59.5. The molecule has 0 radical (unpaired) electrons. The Kier molecular flexibility index (Phi) is 7.61. The van der Waals surface area contributed by atoms with Crippen molar-refractivity contribution in [3.8, 4) is 0 Å². The molecule has 48 valence electrons. The minimum atomic E-state index is 0.613. The third-order valence-electron chi connectivity index (χ3n) is 0.760. The number of unbranched alkanes of at least 4 members (excludes halogenated alkanes) is 1. The molecule has 0 aromatic heterocycles. The summed E-state index contributed by atoms with van der Waals surface area (Å²) in [5, 5.41) is 0. The highest BCUT2D eigenvalue weighted by Gasteiger charge is 1.76. The van der Waals surface area contributed by atoms with E-state index in [1.165, 1.54) is 0 Å². The van der Waals surface area contributed by atoms with Gasteiger partial charge in [0.25, 0.3) is 0 Å². The van der Waals surface area contributed by atoms with Crippen molar-refractivity contribution in [1.29, 1.82) is 0 Å². The number of hydrogen-bond donors (Lipinski definition) is 0. The highest BCUT2D eigenvalue weighted by atomic mass is 35.5. The molecule has 0 atom stereocenters. The van der Waals surface area contributed by atoms with Crippen LogP contribution in [0.25, 0.3) is 0 Å². The summed E-state index contributed by atoms with van der Waals surface area (Å²) in [5.74, 6) is 1.36. The van der Waals surface area contributed by atoms with Gasteiger partial charge < -0.3 is 0 Å². The van der Waals surface area contributed by atoms with E-state index in [1.54, 1.807) is 0 Å². The van der Waals surface area contributed by atoms with Crippen LogP contribution in [0.2, 0.25) is 0 Å². The summed E-state index contributed by atoms with van der Waals surface area (Å²) < 4.78 is 0. The van der Waals surface area contributed by atoms with Gasteiger partial charge in [-0.1, -0.05) is 12.2 Å². The van der Waals surface area contributed by atoms with Gasteiger partial charge in [-0.25, -0.2) is 0 Å². The van der Waals surface area contributed by atoms with Gasteiger partial charge in [0.2, 0.25) is 0 Å². The van der Waals surface area contributed by atoms with Crippen molar-refractivity contribution in [2.24, 2.45) is 0 Å². The molecular formula is C6H10Cl2. The smallest absolute Gasteiger partial charge is 0.0404 e. The first-order valence-corrected chi connectivity index (χ1v) is 3.75. The summed E-state index contributed by atoms with van der Waals surface area (Å²) in [6.45, 7) is 0. The molecule has 0 N–H and O–H groups in total. The van der Waals surface area contributed by atoms with Crippen LogP contribution in [0.15, 0.2) is 12.2 Å². The van der Waals surface area contributed by atoms with Crippen LogP contribution in [0.4, 0.5) is 0 Å². The van der Waals surface area contributed by atoms with Crippen LogP contribution >= 0.6 is 23.2 Å². The molecule has 0 saturated carbocycles.